The van der Waals surface area contributed by atoms with Gasteiger partial charge in [0.15, 0.2) is 5.75 Å². The third kappa shape index (κ3) is 5.13. The van der Waals surface area contributed by atoms with E-state index in [0.29, 0.717) is 10.8 Å². The number of aromatic nitrogens is 1. The van der Waals surface area contributed by atoms with E-state index < -0.39 is 0 Å². The van der Waals surface area contributed by atoms with Crippen molar-refractivity contribution >= 4 is 29.2 Å². The Morgan fingerprint density at radius 3 is 2.27 bits per heavy atom. The van der Waals surface area contributed by atoms with Crippen LogP contribution >= 0.6 is 23.2 Å². The predicted octanol–water partition coefficient (Wildman–Crippen LogP) is 6.71. The average Bonchev–Trinajstić information content (AvgIpc) is 2.66. The van der Waals surface area contributed by atoms with E-state index in [0.717, 1.165) is 43.4 Å². The van der Waals surface area contributed by atoms with Gasteiger partial charge < -0.3 is 4.74 Å². The molecule has 144 valence electrons. The van der Waals surface area contributed by atoms with Crippen LogP contribution in [0.25, 0.3) is 0 Å². The molecule has 0 spiro atoms. The molecule has 0 atom stereocenters. The molecule has 0 radical (unpaired) electrons. The lowest BCUT2D eigenvalue weighted by molar-refractivity contribution is -0.140. The van der Waals surface area contributed by atoms with Crippen molar-refractivity contribution < 1.29 is 9.53 Å². The molecule has 0 saturated heterocycles. The van der Waals surface area contributed by atoms with E-state index in [9.17, 15) is 4.79 Å². The first-order valence-electron chi connectivity index (χ1n) is 10.1. The van der Waals surface area contributed by atoms with Crippen molar-refractivity contribution in [2.24, 2.45) is 23.7 Å². The van der Waals surface area contributed by atoms with Crippen molar-refractivity contribution in [1.29, 1.82) is 0 Å². The average molecular weight is 398 g/mol. The predicted molar refractivity (Wildman–Crippen MR) is 106 cm³/mol. The van der Waals surface area contributed by atoms with Gasteiger partial charge in [-0.1, -0.05) is 55.8 Å². The second kappa shape index (κ2) is 9.41. The lowest BCUT2D eigenvalue weighted by Gasteiger charge is -2.37. The third-order valence-electron chi connectivity index (χ3n) is 6.35. The molecule has 5 heteroatoms. The molecule has 2 saturated carbocycles. The molecular formula is C21H29Cl2NO2. The van der Waals surface area contributed by atoms with Gasteiger partial charge >= 0.3 is 5.97 Å². The molecule has 0 amide bonds. The number of pyridine rings is 1. The molecule has 2 aliphatic carbocycles. The minimum absolute atomic E-state index is 0.00265. The number of hydrogen-bond acceptors (Lipinski definition) is 3. The highest BCUT2D eigenvalue weighted by molar-refractivity contribution is 6.41. The van der Waals surface area contributed by atoms with E-state index in [1.807, 2.05) is 0 Å². The summed E-state index contributed by atoms with van der Waals surface area (Å²) in [6.07, 6.45) is 13.9. The van der Waals surface area contributed by atoms with Gasteiger partial charge in [0.25, 0.3) is 0 Å². The molecule has 1 aromatic heterocycles. The van der Waals surface area contributed by atoms with Crippen LogP contribution < -0.4 is 4.74 Å². The van der Waals surface area contributed by atoms with Gasteiger partial charge in [-0.05, 0) is 56.3 Å². The molecule has 0 N–H and O–H groups in total. The minimum atomic E-state index is -0.157. The largest absolute Gasteiger partial charge is 0.425 e. The third-order valence-corrected chi connectivity index (χ3v) is 7.04. The molecule has 1 aromatic rings. The summed E-state index contributed by atoms with van der Waals surface area (Å²) in [5.41, 5.74) is 0. The second-order valence-electron chi connectivity index (χ2n) is 8.05. The molecule has 3 rings (SSSR count). The summed E-state index contributed by atoms with van der Waals surface area (Å²) in [6.45, 7) is 2.29. The monoisotopic (exact) mass is 397 g/mol. The Balaban J connectivity index is 1.44. The summed E-state index contributed by atoms with van der Waals surface area (Å²) in [4.78, 5) is 16.4. The highest BCUT2D eigenvalue weighted by atomic mass is 35.5. The maximum atomic E-state index is 12.4. The molecule has 3 nitrogen and oxygen atoms in total. The lowest BCUT2D eigenvalue weighted by atomic mass is 9.69. The van der Waals surface area contributed by atoms with Crippen LogP contribution in [0, 0.1) is 23.7 Å². The standard InChI is InChI=1S/C21H29Cl2NO2/c1-2-3-14-4-6-15(7-5-14)16-8-10-17(11-9-16)21(25)26-18-12-19(22)20(23)24-13-18/h12-17H,2-11H2,1H3/t14-,15-,16?,17?. The Morgan fingerprint density at radius 1 is 1.08 bits per heavy atom. The summed E-state index contributed by atoms with van der Waals surface area (Å²) in [6, 6.07) is 1.55. The molecule has 0 unspecified atom stereocenters. The van der Waals surface area contributed by atoms with E-state index in [1.165, 1.54) is 44.7 Å². The van der Waals surface area contributed by atoms with Crippen molar-refractivity contribution in [2.45, 2.75) is 71.1 Å². The lowest BCUT2D eigenvalue weighted by Crippen LogP contribution is -2.30. The summed E-state index contributed by atoms with van der Waals surface area (Å²) >= 11 is 11.7. The van der Waals surface area contributed by atoms with Crippen molar-refractivity contribution in [1.82, 2.24) is 4.98 Å². The van der Waals surface area contributed by atoms with Crippen LogP contribution in [0.5, 0.6) is 5.75 Å². The van der Waals surface area contributed by atoms with Crippen LogP contribution in [0.1, 0.15) is 71.1 Å². The molecule has 1 heterocycles. The number of halogens is 2. The number of rotatable bonds is 5. The summed E-state index contributed by atoms with van der Waals surface area (Å²) in [5, 5.41) is 0.528. The highest BCUT2D eigenvalue weighted by Crippen LogP contribution is 2.42. The maximum Gasteiger partial charge on any atom is 0.314 e. The van der Waals surface area contributed by atoms with Crippen LogP contribution in [0.3, 0.4) is 0 Å². The number of carbonyl (C=O) groups excluding carboxylic acids is 1. The summed E-state index contributed by atoms with van der Waals surface area (Å²) in [7, 11) is 0. The Morgan fingerprint density at radius 2 is 1.69 bits per heavy atom. The topological polar surface area (TPSA) is 39.2 Å². The van der Waals surface area contributed by atoms with E-state index in [1.54, 1.807) is 6.07 Å². The molecular weight excluding hydrogens is 369 g/mol. The van der Waals surface area contributed by atoms with Gasteiger partial charge in [-0.2, -0.15) is 0 Å². The first-order chi connectivity index (χ1) is 12.6. The number of carbonyl (C=O) groups is 1. The van der Waals surface area contributed by atoms with E-state index >= 15 is 0 Å². The van der Waals surface area contributed by atoms with E-state index in [-0.39, 0.29) is 17.0 Å². The van der Waals surface area contributed by atoms with Crippen LogP contribution in [0.4, 0.5) is 0 Å². The summed E-state index contributed by atoms with van der Waals surface area (Å²) in [5.74, 6) is 2.85. The number of hydrogen-bond donors (Lipinski definition) is 0. The fourth-order valence-electron chi connectivity index (χ4n) is 4.84. The van der Waals surface area contributed by atoms with Gasteiger partial charge in [-0.3, -0.25) is 4.79 Å². The fourth-order valence-corrected chi connectivity index (χ4v) is 5.10. The van der Waals surface area contributed by atoms with Crippen LogP contribution in [0.2, 0.25) is 10.2 Å². The van der Waals surface area contributed by atoms with Crippen molar-refractivity contribution in [3.63, 3.8) is 0 Å². The molecule has 26 heavy (non-hydrogen) atoms. The van der Waals surface area contributed by atoms with Gasteiger partial charge in [0.05, 0.1) is 17.1 Å². The van der Waals surface area contributed by atoms with Gasteiger partial charge in [-0.15, -0.1) is 0 Å². The Kier molecular flexibility index (Phi) is 7.22. The molecule has 0 aliphatic heterocycles. The first kappa shape index (κ1) is 19.9. The number of nitrogens with zero attached hydrogens (tertiary/aromatic N) is 1. The minimum Gasteiger partial charge on any atom is -0.425 e. The molecule has 0 bridgehead atoms. The Hall–Kier alpha value is -0.800. The van der Waals surface area contributed by atoms with Crippen molar-refractivity contribution in [2.75, 3.05) is 0 Å². The SMILES string of the molecule is CCC[C@H]1CC[C@H](C2CCC(C(=O)Oc3cnc(Cl)c(Cl)c3)CC2)CC1. The molecule has 0 aromatic carbocycles. The zero-order valence-corrected chi connectivity index (χ0v) is 17.1. The van der Waals surface area contributed by atoms with Crippen molar-refractivity contribution in [3.05, 3.63) is 22.4 Å². The Labute approximate surface area is 166 Å². The maximum absolute atomic E-state index is 12.4. The van der Waals surface area contributed by atoms with Crippen LogP contribution in [0.15, 0.2) is 12.3 Å². The van der Waals surface area contributed by atoms with Gasteiger partial charge in [-0.25, -0.2) is 4.98 Å². The number of ether oxygens (including phenoxy) is 1. The van der Waals surface area contributed by atoms with Gasteiger partial charge in [0, 0.05) is 6.07 Å². The summed E-state index contributed by atoms with van der Waals surface area (Å²) < 4.78 is 5.47. The quantitative estimate of drug-likeness (QED) is 0.409. The number of esters is 1. The first-order valence-corrected chi connectivity index (χ1v) is 10.8. The highest BCUT2D eigenvalue weighted by Gasteiger charge is 2.33. The Bertz CT molecular complexity index is 606. The smallest absolute Gasteiger partial charge is 0.314 e. The van der Waals surface area contributed by atoms with E-state index in [2.05, 4.69) is 11.9 Å². The zero-order chi connectivity index (χ0) is 18.5. The van der Waals surface area contributed by atoms with E-state index in [4.69, 9.17) is 27.9 Å². The van der Waals surface area contributed by atoms with Crippen LogP contribution in [-0.4, -0.2) is 11.0 Å². The zero-order valence-electron chi connectivity index (χ0n) is 15.6. The van der Waals surface area contributed by atoms with Crippen molar-refractivity contribution in [3.8, 4) is 5.75 Å². The second-order valence-corrected chi connectivity index (χ2v) is 8.81. The normalized spacial score (nSPS) is 29.3. The van der Waals surface area contributed by atoms with Gasteiger partial charge in [0.2, 0.25) is 0 Å². The molecule has 2 fully saturated rings. The molecule has 2 aliphatic rings. The van der Waals surface area contributed by atoms with Crippen LogP contribution in [-0.2, 0) is 4.79 Å². The van der Waals surface area contributed by atoms with Gasteiger partial charge in [0.1, 0.15) is 5.15 Å². The fraction of sp³-hybridized carbons (Fsp3) is 0.714.